The van der Waals surface area contributed by atoms with Crippen molar-refractivity contribution in [1.29, 1.82) is 2.86 Å². The van der Waals surface area contributed by atoms with Gasteiger partial charge in [-0.15, -0.1) is 0 Å². The van der Waals surface area contributed by atoms with E-state index in [0.717, 1.165) is 0 Å². The minimum absolute atomic E-state index is 0.461. The lowest BCUT2D eigenvalue weighted by Crippen LogP contribution is -2.16. The van der Waals surface area contributed by atoms with E-state index in [9.17, 15) is 0 Å². The summed E-state index contributed by atoms with van der Waals surface area (Å²) in [5.41, 5.74) is -0.778. The zero-order chi connectivity index (χ0) is 19.0. The van der Waals surface area contributed by atoms with Crippen molar-refractivity contribution in [2.45, 2.75) is 6.10 Å². The molecule has 0 spiro atoms. The van der Waals surface area contributed by atoms with E-state index >= 15 is 0 Å². The van der Waals surface area contributed by atoms with Gasteiger partial charge in [0.1, 0.15) is 7.16 Å². The molecule has 1 aromatic carbocycles. The van der Waals surface area contributed by atoms with Crippen molar-refractivity contribution in [3.63, 3.8) is 0 Å². The molecule has 1 aromatic rings. The third-order valence-electron chi connectivity index (χ3n) is 1.07. The second-order valence-electron chi connectivity index (χ2n) is 1.86. The number of phenols is 1. The van der Waals surface area contributed by atoms with Gasteiger partial charge in [-0.05, 0) is 24.6 Å². The summed E-state index contributed by atoms with van der Waals surface area (Å²) in [6.07, 6.45) is -2.26. The molecule has 0 aliphatic rings. The summed E-state index contributed by atoms with van der Waals surface area (Å²) in [5, 5.41) is 7.72. The number of phenolic OH excluding ortho intramolecular Hbond substituents is 1. The number of aliphatic hydroxyl groups excluding tert-OH is 1. The van der Waals surface area contributed by atoms with Crippen molar-refractivity contribution in [2.24, 2.45) is 0 Å². The predicted octanol–water partition coefficient (Wildman–Crippen LogP) is 0.645. The first-order valence-electron chi connectivity index (χ1n) is 8.73. The molecule has 1 unspecified atom stereocenters. The van der Waals surface area contributed by atoms with Crippen LogP contribution in [0.5, 0.6) is 5.75 Å². The van der Waals surface area contributed by atoms with E-state index in [1.165, 1.54) is 0 Å². The van der Waals surface area contributed by atoms with Crippen LogP contribution in [0, 0.1) is 0 Å². The number of rotatable bonds is 5. The van der Waals surface area contributed by atoms with Crippen LogP contribution in [0.15, 0.2) is 24.2 Å². The lowest BCUT2D eigenvalue weighted by Gasteiger charge is -2.09. The fraction of sp³-hybridized carbons (Fsp3) is 0.333. The van der Waals surface area contributed by atoms with E-state index in [-0.39, 0.29) is 0 Å². The van der Waals surface area contributed by atoms with Crippen molar-refractivity contribution in [3.8, 4) is 5.75 Å². The third-order valence-corrected chi connectivity index (χ3v) is 1.07. The predicted molar refractivity (Wildman–Crippen MR) is 47.0 cm³/mol. The molecular weight excluding hydrogens is 154 g/mol. The molecule has 66 valence electrons. The van der Waals surface area contributed by atoms with E-state index in [1.807, 2.05) is 0 Å². The highest BCUT2D eigenvalue weighted by atomic mass is 16.3. The van der Waals surface area contributed by atoms with E-state index in [2.05, 4.69) is 10.2 Å². The number of hydrogen-bond donors (Lipinski definition) is 3. The molecule has 0 saturated carbocycles. The lowest BCUT2D eigenvalue weighted by atomic mass is 10.1. The maximum Gasteiger partial charge on any atom is 0.293 e. The molecule has 3 nitrogen and oxygen atoms in total. The molecule has 1 atom stereocenters. The average Bonchev–Trinajstić information content (AvgIpc) is 2.48. The Labute approximate surface area is 88.8 Å². The maximum absolute atomic E-state index is 7.82. The summed E-state index contributed by atoms with van der Waals surface area (Å²) in [6.45, 7) is -6.44. The minimum Gasteiger partial charge on any atom is -0.508 e. The maximum atomic E-state index is 7.82. The standard InChI is InChI=1S/C9H13NO2/c1-10-6-9(12)7-3-2-4-8(11)5-7/h2-5,9-12H,6H2,1H3/i1D3,2D,3D,4D,5D,6D2,12D/hD2. The molecule has 0 aliphatic heterocycles. The van der Waals surface area contributed by atoms with Crippen LogP contribution in [0.25, 0.3) is 0 Å². The summed E-state index contributed by atoms with van der Waals surface area (Å²) in [7, 11) is 0. The van der Waals surface area contributed by atoms with Gasteiger partial charge in [-0.3, -0.25) is 0 Å². The van der Waals surface area contributed by atoms with Gasteiger partial charge in [0, 0.05) is 13.4 Å². The second-order valence-corrected chi connectivity index (χ2v) is 1.86. The van der Waals surface area contributed by atoms with Crippen molar-refractivity contribution >= 4 is 0 Å². The number of nitrogens with one attached hydrogen (secondary N) is 1. The van der Waals surface area contributed by atoms with Gasteiger partial charge in [-0.2, -0.15) is 0 Å². The molecule has 0 fully saturated rings. The van der Waals surface area contributed by atoms with Crippen LogP contribution in [0.2, 0.25) is 1.41 Å². The van der Waals surface area contributed by atoms with Gasteiger partial charge in [-0.25, -0.2) is 0 Å². The van der Waals surface area contributed by atoms with Crippen molar-refractivity contribution in [2.75, 3.05) is 13.5 Å². The molecule has 0 bridgehead atoms. The monoisotopic (exact) mass is 179 g/mol. The van der Waals surface area contributed by atoms with Crippen LogP contribution < -0.4 is 5.31 Å². The number of likely N-dealkylation sites (N-methyl/N-ethyl adjacent to an activating group) is 1. The highest BCUT2D eigenvalue weighted by Gasteiger charge is 2.05. The van der Waals surface area contributed by atoms with Gasteiger partial charge >= 0.3 is 0 Å². The summed E-state index contributed by atoms with van der Waals surface area (Å²) in [4.78, 5) is 0. The molecule has 3 N–H and O–H groups in total. The second kappa shape index (κ2) is 4.09. The Morgan fingerprint density at radius 1 is 2.00 bits per heavy atom. The van der Waals surface area contributed by atoms with Crippen LogP contribution >= 0.6 is 0 Å². The van der Waals surface area contributed by atoms with Gasteiger partial charge in [0.25, 0.3) is 1.43 Å². The fourth-order valence-corrected chi connectivity index (χ4v) is 0.594. The van der Waals surface area contributed by atoms with E-state index in [0.29, 0.717) is 0 Å². The van der Waals surface area contributed by atoms with Crippen molar-refractivity contribution < 1.29 is 24.0 Å². The van der Waals surface area contributed by atoms with Crippen LogP contribution in [0.4, 0.5) is 0 Å². The van der Waals surface area contributed by atoms with Gasteiger partial charge in [0.15, 0.2) is 0 Å². The number of aromatic hydroxyl groups is 1. The van der Waals surface area contributed by atoms with Crippen LogP contribution in [0.3, 0.4) is 0 Å². The zero-order valence-electron chi connectivity index (χ0n) is 17.8. The van der Waals surface area contributed by atoms with E-state index in [1.54, 1.807) is 0 Å². The van der Waals surface area contributed by atoms with Gasteiger partial charge < -0.3 is 15.5 Å². The Bertz CT molecular complexity index is 618. The molecule has 0 heterocycles. The van der Waals surface area contributed by atoms with Crippen molar-refractivity contribution in [1.82, 2.24) is 5.31 Å². The first-order chi connectivity index (χ1) is 10.8. The molecule has 3 heteroatoms. The first kappa shape index (κ1) is 2.05. The van der Waals surface area contributed by atoms with Gasteiger partial charge in [0.05, 0.1) is 11.6 Å². The molecule has 0 aliphatic carbocycles. The molecular formula is C9H13NO2. The Kier molecular flexibility index (Phi) is 0.700. The third kappa shape index (κ3) is 2.22. The highest BCUT2D eigenvalue weighted by molar-refractivity contribution is 5.28. The van der Waals surface area contributed by atoms with E-state index in [4.69, 9.17) is 16.6 Å². The SMILES string of the molecule is [2H]Oc1c([2H])c([2H])c([2H])c(C(O[2H])C([2H])([2H])N([2H])C([2H])([2H])[2H])c1[2H]. The van der Waals surface area contributed by atoms with Gasteiger partial charge in [-0.1, -0.05) is 12.1 Å². The number of hydrogen-bond acceptors (Lipinski definition) is 3. The first-order valence-corrected chi connectivity index (χ1v) is 2.96. The lowest BCUT2D eigenvalue weighted by molar-refractivity contribution is 0.177. The molecule has 0 amide bonds. The molecule has 12 heavy (non-hydrogen) atoms. The van der Waals surface area contributed by atoms with E-state index < -0.39 is 60.4 Å². The van der Waals surface area contributed by atoms with Crippen LogP contribution in [-0.2, 0) is 0 Å². The summed E-state index contributed by atoms with van der Waals surface area (Å²) < 4.78 is 88.7. The van der Waals surface area contributed by atoms with Crippen LogP contribution in [-0.4, -0.2) is 26.6 Å². The van der Waals surface area contributed by atoms with Crippen molar-refractivity contribution in [3.05, 3.63) is 29.7 Å². The normalized spacial score (nSPS) is 29.4. The zero-order valence-corrected chi connectivity index (χ0v) is 5.84. The summed E-state index contributed by atoms with van der Waals surface area (Å²) in [5.74, 6) is -0.783. The number of aliphatic hydroxyl groups is 1. The quantitative estimate of drug-likeness (QED) is 0.622. The Morgan fingerprint density at radius 3 is 3.75 bits per heavy atom. The average molecular weight is 179 g/mol. The molecule has 0 saturated heterocycles. The summed E-state index contributed by atoms with van der Waals surface area (Å²) in [6, 6.07) is -3.35. The highest BCUT2D eigenvalue weighted by Crippen LogP contribution is 2.17. The fourth-order valence-electron chi connectivity index (χ4n) is 0.594. The molecule has 0 aromatic heterocycles. The topological polar surface area (TPSA) is 52.5 Å². The Morgan fingerprint density at radius 2 is 3.00 bits per heavy atom. The smallest absolute Gasteiger partial charge is 0.293 e. The number of benzene rings is 1. The largest absolute Gasteiger partial charge is 0.508 e. The molecule has 0 radical (unpaired) electrons. The Balaban J connectivity index is 3.65. The minimum atomic E-state index is -3.24. The van der Waals surface area contributed by atoms with Crippen LogP contribution in [0.1, 0.15) is 24.0 Å². The van der Waals surface area contributed by atoms with Gasteiger partial charge in [0.2, 0.25) is 1.43 Å². The summed E-state index contributed by atoms with van der Waals surface area (Å²) >= 11 is 0. The Hall–Kier alpha value is -1.06. The molecule has 1 rings (SSSR count).